The van der Waals surface area contributed by atoms with Gasteiger partial charge in [-0.2, -0.15) is 0 Å². The molecule has 0 amide bonds. The number of hydrogen-bond acceptors (Lipinski definition) is 4. The maximum Gasteiger partial charge on any atom is 0.206 e. The van der Waals surface area contributed by atoms with E-state index >= 15 is 0 Å². The van der Waals surface area contributed by atoms with Gasteiger partial charge in [0.05, 0.1) is 24.7 Å². The first-order valence-electron chi connectivity index (χ1n) is 7.11. The number of fused-ring (bicyclic) bond motifs is 1. The number of ether oxygens (including phenoxy) is 2. The number of carbonyl (C=O) groups excluding carboxylic acids is 1. The van der Waals surface area contributed by atoms with Crippen molar-refractivity contribution in [1.29, 1.82) is 0 Å². The Morgan fingerprint density at radius 3 is 2.62 bits per heavy atom. The Morgan fingerprint density at radius 1 is 1.10 bits per heavy atom. The molecule has 0 bridgehead atoms. The van der Waals surface area contributed by atoms with Crippen LogP contribution in [0.3, 0.4) is 0 Å². The Hall–Kier alpha value is -1.81. The van der Waals surface area contributed by atoms with Gasteiger partial charge in [0.2, 0.25) is 5.78 Å². The number of hydrogen-bond donors (Lipinski definition) is 0. The van der Waals surface area contributed by atoms with E-state index in [9.17, 15) is 4.79 Å². The van der Waals surface area contributed by atoms with E-state index in [1.165, 1.54) is 23.3 Å². The van der Waals surface area contributed by atoms with Crippen LogP contribution in [0.25, 0.3) is 0 Å². The molecule has 3 rings (SSSR count). The van der Waals surface area contributed by atoms with Gasteiger partial charge in [-0.3, -0.25) is 4.79 Å². The number of thiophene rings is 1. The third-order valence-electron chi connectivity index (χ3n) is 3.87. The summed E-state index contributed by atoms with van der Waals surface area (Å²) in [5.41, 5.74) is 1.91. The molecule has 110 valence electrons. The predicted molar refractivity (Wildman–Crippen MR) is 83.9 cm³/mol. The summed E-state index contributed by atoms with van der Waals surface area (Å²) in [5, 5.41) is 0. The predicted octanol–water partition coefficient (Wildman–Crippen LogP) is 3.88. The number of rotatable bonds is 4. The van der Waals surface area contributed by atoms with Gasteiger partial charge in [-0.1, -0.05) is 0 Å². The molecule has 1 aliphatic carbocycles. The molecule has 0 unspecified atom stereocenters. The zero-order chi connectivity index (χ0) is 14.8. The first-order valence-corrected chi connectivity index (χ1v) is 7.93. The minimum Gasteiger partial charge on any atom is -0.497 e. The Bertz CT molecular complexity index is 649. The summed E-state index contributed by atoms with van der Waals surface area (Å²) in [4.78, 5) is 15.0. The smallest absolute Gasteiger partial charge is 0.206 e. The largest absolute Gasteiger partial charge is 0.497 e. The highest BCUT2D eigenvalue weighted by Gasteiger charge is 2.21. The highest BCUT2D eigenvalue weighted by Crippen LogP contribution is 2.33. The Kier molecular flexibility index (Phi) is 3.97. The molecule has 1 heterocycles. The second-order valence-electron chi connectivity index (χ2n) is 5.16. The molecule has 0 radical (unpaired) electrons. The van der Waals surface area contributed by atoms with Gasteiger partial charge in [-0.25, -0.2) is 0 Å². The lowest BCUT2D eigenvalue weighted by Crippen LogP contribution is -2.02. The normalized spacial score (nSPS) is 13.6. The van der Waals surface area contributed by atoms with Gasteiger partial charge in [0.1, 0.15) is 11.5 Å². The second-order valence-corrected chi connectivity index (χ2v) is 6.30. The fraction of sp³-hybridized carbons (Fsp3) is 0.353. The summed E-state index contributed by atoms with van der Waals surface area (Å²) >= 11 is 1.63. The van der Waals surface area contributed by atoms with Crippen molar-refractivity contribution in [3.63, 3.8) is 0 Å². The lowest BCUT2D eigenvalue weighted by atomic mass is 9.98. The number of aryl methyl sites for hydroxylation is 2. The Labute approximate surface area is 128 Å². The highest BCUT2D eigenvalue weighted by atomic mass is 32.1. The fourth-order valence-electron chi connectivity index (χ4n) is 2.73. The van der Waals surface area contributed by atoms with E-state index in [0.29, 0.717) is 17.1 Å². The molecule has 0 spiro atoms. The zero-order valence-corrected chi connectivity index (χ0v) is 13.1. The summed E-state index contributed by atoms with van der Waals surface area (Å²) < 4.78 is 10.5. The summed E-state index contributed by atoms with van der Waals surface area (Å²) in [6.07, 6.45) is 4.64. The van der Waals surface area contributed by atoms with E-state index in [-0.39, 0.29) is 5.78 Å². The average molecular weight is 302 g/mol. The van der Waals surface area contributed by atoms with Gasteiger partial charge in [0.15, 0.2) is 0 Å². The van der Waals surface area contributed by atoms with Crippen LogP contribution in [0.4, 0.5) is 0 Å². The summed E-state index contributed by atoms with van der Waals surface area (Å²) in [5.74, 6) is 1.28. The lowest BCUT2D eigenvalue weighted by molar-refractivity contribution is 0.103. The van der Waals surface area contributed by atoms with Crippen molar-refractivity contribution < 1.29 is 14.3 Å². The van der Waals surface area contributed by atoms with Crippen molar-refractivity contribution in [1.82, 2.24) is 0 Å². The molecule has 0 saturated carbocycles. The molecular weight excluding hydrogens is 284 g/mol. The highest BCUT2D eigenvalue weighted by molar-refractivity contribution is 7.14. The van der Waals surface area contributed by atoms with Crippen LogP contribution < -0.4 is 9.47 Å². The van der Waals surface area contributed by atoms with Crippen LogP contribution in [0.15, 0.2) is 24.3 Å². The molecule has 0 atom stereocenters. The van der Waals surface area contributed by atoms with Crippen molar-refractivity contribution in [3.8, 4) is 11.5 Å². The number of carbonyl (C=O) groups is 1. The van der Waals surface area contributed by atoms with E-state index in [4.69, 9.17) is 9.47 Å². The minimum absolute atomic E-state index is 0.0187. The second kappa shape index (κ2) is 5.90. The maximum atomic E-state index is 12.8. The van der Waals surface area contributed by atoms with Crippen LogP contribution in [-0.2, 0) is 12.8 Å². The van der Waals surface area contributed by atoms with E-state index in [2.05, 4.69) is 6.07 Å². The Morgan fingerprint density at radius 2 is 1.90 bits per heavy atom. The number of methoxy groups -OCH3 is 2. The average Bonchev–Trinajstić information content (AvgIpc) is 2.97. The number of benzene rings is 1. The Balaban J connectivity index is 1.99. The molecule has 0 fully saturated rings. The van der Waals surface area contributed by atoms with E-state index in [0.717, 1.165) is 17.7 Å². The number of ketones is 1. The van der Waals surface area contributed by atoms with Crippen LogP contribution in [-0.4, -0.2) is 20.0 Å². The topological polar surface area (TPSA) is 35.5 Å². The van der Waals surface area contributed by atoms with Crippen LogP contribution >= 0.6 is 11.3 Å². The molecule has 1 aromatic heterocycles. The molecule has 3 nitrogen and oxygen atoms in total. The summed E-state index contributed by atoms with van der Waals surface area (Å²) in [6.45, 7) is 0. The molecule has 1 aromatic carbocycles. The molecule has 2 aromatic rings. The van der Waals surface area contributed by atoms with Crippen molar-refractivity contribution in [2.24, 2.45) is 0 Å². The van der Waals surface area contributed by atoms with Gasteiger partial charge >= 0.3 is 0 Å². The fourth-order valence-corrected chi connectivity index (χ4v) is 3.93. The van der Waals surface area contributed by atoms with Gasteiger partial charge < -0.3 is 9.47 Å². The third kappa shape index (κ3) is 2.68. The molecule has 0 aliphatic heterocycles. The van der Waals surface area contributed by atoms with Crippen LogP contribution in [0.2, 0.25) is 0 Å². The van der Waals surface area contributed by atoms with Crippen molar-refractivity contribution in [3.05, 3.63) is 45.1 Å². The first-order chi connectivity index (χ1) is 10.2. The third-order valence-corrected chi connectivity index (χ3v) is 5.11. The minimum atomic E-state index is 0.0187. The van der Waals surface area contributed by atoms with Crippen molar-refractivity contribution >= 4 is 17.1 Å². The standard InChI is InChI=1S/C17H18O3S/c1-19-12-7-8-14(20-2)13(10-12)17(18)16-9-11-5-3-4-6-15(11)21-16/h7-10H,3-6H2,1-2H3. The molecule has 1 aliphatic rings. The van der Waals surface area contributed by atoms with Crippen molar-refractivity contribution in [2.45, 2.75) is 25.7 Å². The van der Waals surface area contributed by atoms with E-state index < -0.39 is 0 Å². The van der Waals surface area contributed by atoms with Gasteiger partial charge in [-0.05, 0) is 55.5 Å². The van der Waals surface area contributed by atoms with Crippen LogP contribution in [0.1, 0.15) is 38.5 Å². The first kappa shape index (κ1) is 14.1. The summed E-state index contributed by atoms with van der Waals surface area (Å²) in [6, 6.07) is 7.38. The van der Waals surface area contributed by atoms with Gasteiger partial charge in [0.25, 0.3) is 0 Å². The van der Waals surface area contributed by atoms with E-state index in [1.54, 1.807) is 43.8 Å². The molecule has 0 N–H and O–H groups in total. The SMILES string of the molecule is COc1ccc(OC)c(C(=O)c2cc3c(s2)CCCC3)c1. The van der Waals surface area contributed by atoms with Gasteiger partial charge in [-0.15, -0.1) is 11.3 Å². The molecule has 0 saturated heterocycles. The van der Waals surface area contributed by atoms with E-state index in [1.807, 2.05) is 0 Å². The monoisotopic (exact) mass is 302 g/mol. The molecular formula is C17H18O3S. The maximum absolute atomic E-state index is 12.8. The molecule has 21 heavy (non-hydrogen) atoms. The van der Waals surface area contributed by atoms with Gasteiger partial charge in [0, 0.05) is 4.88 Å². The molecule has 4 heteroatoms. The quantitative estimate of drug-likeness (QED) is 0.804. The lowest BCUT2D eigenvalue weighted by Gasteiger charge is -2.08. The van der Waals surface area contributed by atoms with Crippen LogP contribution in [0.5, 0.6) is 11.5 Å². The van der Waals surface area contributed by atoms with Crippen molar-refractivity contribution in [2.75, 3.05) is 14.2 Å². The van der Waals surface area contributed by atoms with Crippen LogP contribution in [0, 0.1) is 0 Å². The zero-order valence-electron chi connectivity index (χ0n) is 12.3. The summed E-state index contributed by atoms with van der Waals surface area (Å²) in [7, 11) is 3.18.